The molecule has 1 heterocycles. The highest BCUT2D eigenvalue weighted by Gasteiger charge is 2.26. The molecule has 2 amide bonds. The van der Waals surface area contributed by atoms with Crippen LogP contribution in [-0.2, 0) is 9.59 Å². The van der Waals surface area contributed by atoms with Crippen molar-refractivity contribution in [1.29, 1.82) is 5.26 Å². The summed E-state index contributed by atoms with van der Waals surface area (Å²) in [6.45, 7) is 3.18. The summed E-state index contributed by atoms with van der Waals surface area (Å²) in [4.78, 5) is 24.7. The average molecular weight is 223 g/mol. The third kappa shape index (κ3) is 3.23. The van der Waals surface area contributed by atoms with Gasteiger partial charge in [-0.2, -0.15) is 5.26 Å². The molecule has 1 aliphatic rings. The largest absolute Gasteiger partial charge is 0.354 e. The second-order valence-electron chi connectivity index (χ2n) is 3.93. The molecule has 0 bridgehead atoms. The van der Waals surface area contributed by atoms with Crippen molar-refractivity contribution in [3.05, 3.63) is 0 Å². The molecule has 1 aliphatic heterocycles. The summed E-state index contributed by atoms with van der Waals surface area (Å²) >= 11 is 0. The highest BCUT2D eigenvalue weighted by atomic mass is 16.2. The van der Waals surface area contributed by atoms with Crippen molar-refractivity contribution >= 4 is 11.8 Å². The number of hydrogen-bond donors (Lipinski definition) is 1. The second-order valence-corrected chi connectivity index (χ2v) is 3.93. The first kappa shape index (κ1) is 12.5. The molecule has 0 aromatic heterocycles. The van der Waals surface area contributed by atoms with Crippen LogP contribution in [0.4, 0.5) is 0 Å². The molecule has 1 atom stereocenters. The number of nitrogens with zero attached hydrogens (tertiary/aromatic N) is 2. The Morgan fingerprint density at radius 3 is 3.06 bits per heavy atom. The molecule has 5 heteroatoms. The van der Waals surface area contributed by atoms with Crippen LogP contribution in [-0.4, -0.2) is 36.3 Å². The summed E-state index contributed by atoms with van der Waals surface area (Å²) in [6, 6.07) is 2.01. The monoisotopic (exact) mass is 223 g/mol. The minimum atomic E-state index is -0.601. The van der Waals surface area contributed by atoms with Gasteiger partial charge in [-0.25, -0.2) is 0 Å². The first-order valence-electron chi connectivity index (χ1n) is 5.64. The summed E-state index contributed by atoms with van der Waals surface area (Å²) < 4.78 is 0. The third-order valence-corrected chi connectivity index (χ3v) is 2.60. The van der Waals surface area contributed by atoms with Crippen LogP contribution < -0.4 is 5.32 Å². The Hall–Kier alpha value is -1.57. The molecule has 0 saturated carbocycles. The Labute approximate surface area is 95.4 Å². The molecule has 1 fully saturated rings. The first-order chi connectivity index (χ1) is 7.69. The fourth-order valence-corrected chi connectivity index (χ4v) is 1.75. The van der Waals surface area contributed by atoms with Crippen LogP contribution in [0.25, 0.3) is 0 Å². The number of amides is 2. The molecule has 88 valence electrons. The Morgan fingerprint density at radius 2 is 2.44 bits per heavy atom. The Kier molecular flexibility index (Phi) is 4.77. The summed E-state index contributed by atoms with van der Waals surface area (Å²) in [5.74, 6) is -0.948. The van der Waals surface area contributed by atoms with Gasteiger partial charge in [0, 0.05) is 13.1 Å². The number of carbonyl (C=O) groups excluding carboxylic acids is 2. The van der Waals surface area contributed by atoms with Crippen LogP contribution in [0.2, 0.25) is 0 Å². The van der Waals surface area contributed by atoms with Gasteiger partial charge < -0.3 is 10.2 Å². The molecule has 0 aromatic rings. The number of nitrogens with one attached hydrogen (secondary N) is 1. The number of carbonyl (C=O) groups is 2. The second kappa shape index (κ2) is 6.11. The summed E-state index contributed by atoms with van der Waals surface area (Å²) in [6.07, 6.45) is 2.11. The van der Waals surface area contributed by atoms with Crippen LogP contribution >= 0.6 is 0 Å². The zero-order chi connectivity index (χ0) is 12.0. The summed E-state index contributed by atoms with van der Waals surface area (Å²) in [5.41, 5.74) is 0. The van der Waals surface area contributed by atoms with Crippen LogP contribution in [0.1, 0.15) is 26.2 Å². The van der Waals surface area contributed by atoms with Gasteiger partial charge >= 0.3 is 0 Å². The average Bonchev–Trinajstić information content (AvgIpc) is 2.50. The first-order valence-corrected chi connectivity index (χ1v) is 5.64. The smallest absolute Gasteiger partial charge is 0.240 e. The Bertz CT molecular complexity index is 309. The van der Waals surface area contributed by atoms with Gasteiger partial charge in [-0.15, -0.1) is 0 Å². The molecule has 1 saturated heterocycles. The van der Waals surface area contributed by atoms with Gasteiger partial charge in [-0.05, 0) is 12.8 Å². The van der Waals surface area contributed by atoms with E-state index < -0.39 is 5.92 Å². The van der Waals surface area contributed by atoms with E-state index in [1.165, 1.54) is 4.90 Å². The van der Waals surface area contributed by atoms with Crippen LogP contribution in [0.15, 0.2) is 0 Å². The van der Waals surface area contributed by atoms with Crippen molar-refractivity contribution in [2.75, 3.05) is 19.6 Å². The Balaban J connectivity index is 2.63. The standard InChI is InChI=1S/C11H17N3O2/c1-2-4-9(7-12)11(16)14-6-3-5-13-10(15)8-14/h9H,2-6,8H2,1H3,(H,13,15). The van der Waals surface area contributed by atoms with Gasteiger partial charge in [0.2, 0.25) is 11.8 Å². The molecule has 1 N–H and O–H groups in total. The molecule has 16 heavy (non-hydrogen) atoms. The SMILES string of the molecule is CCCC(C#N)C(=O)N1CCCNC(=O)C1. The number of nitriles is 1. The van der Waals surface area contributed by atoms with E-state index in [0.717, 1.165) is 12.8 Å². The lowest BCUT2D eigenvalue weighted by Gasteiger charge is -2.21. The highest BCUT2D eigenvalue weighted by Crippen LogP contribution is 2.10. The maximum atomic E-state index is 11.9. The van der Waals surface area contributed by atoms with Crippen molar-refractivity contribution < 1.29 is 9.59 Å². The van der Waals surface area contributed by atoms with E-state index in [9.17, 15) is 9.59 Å². The quantitative estimate of drug-likeness (QED) is 0.746. The topological polar surface area (TPSA) is 73.2 Å². The molecule has 0 radical (unpaired) electrons. The molecule has 0 spiro atoms. The van der Waals surface area contributed by atoms with E-state index in [1.54, 1.807) is 0 Å². The fourth-order valence-electron chi connectivity index (χ4n) is 1.75. The molecule has 1 rings (SSSR count). The van der Waals surface area contributed by atoms with Gasteiger partial charge in [0.15, 0.2) is 0 Å². The lowest BCUT2D eigenvalue weighted by molar-refractivity contribution is -0.137. The lowest BCUT2D eigenvalue weighted by Crippen LogP contribution is -2.40. The van der Waals surface area contributed by atoms with Crippen LogP contribution in [0.3, 0.4) is 0 Å². The van der Waals surface area contributed by atoms with Crippen molar-refractivity contribution in [3.63, 3.8) is 0 Å². The minimum absolute atomic E-state index is 0.0841. The van der Waals surface area contributed by atoms with E-state index in [1.807, 2.05) is 13.0 Å². The van der Waals surface area contributed by atoms with Gasteiger partial charge in [0.1, 0.15) is 5.92 Å². The molecule has 5 nitrogen and oxygen atoms in total. The van der Waals surface area contributed by atoms with E-state index in [-0.39, 0.29) is 18.4 Å². The van der Waals surface area contributed by atoms with Gasteiger partial charge in [-0.1, -0.05) is 13.3 Å². The molecule has 0 aromatic carbocycles. The minimum Gasteiger partial charge on any atom is -0.354 e. The van der Waals surface area contributed by atoms with Crippen molar-refractivity contribution in [3.8, 4) is 6.07 Å². The zero-order valence-corrected chi connectivity index (χ0v) is 9.53. The summed E-state index contributed by atoms with van der Waals surface area (Å²) in [5, 5.41) is 11.6. The van der Waals surface area contributed by atoms with Crippen molar-refractivity contribution in [2.45, 2.75) is 26.2 Å². The maximum absolute atomic E-state index is 11.9. The molecule has 0 aliphatic carbocycles. The van der Waals surface area contributed by atoms with E-state index in [4.69, 9.17) is 5.26 Å². The number of hydrogen-bond acceptors (Lipinski definition) is 3. The fraction of sp³-hybridized carbons (Fsp3) is 0.727. The zero-order valence-electron chi connectivity index (χ0n) is 9.53. The lowest BCUT2D eigenvalue weighted by atomic mass is 10.0. The van der Waals surface area contributed by atoms with Gasteiger partial charge in [0.25, 0.3) is 0 Å². The van der Waals surface area contributed by atoms with Crippen LogP contribution in [0, 0.1) is 17.2 Å². The predicted octanol–water partition coefficient (Wildman–Crippen LogP) is 0.275. The van der Waals surface area contributed by atoms with Gasteiger partial charge in [0.05, 0.1) is 12.6 Å². The highest BCUT2D eigenvalue weighted by molar-refractivity contribution is 5.87. The van der Waals surface area contributed by atoms with E-state index in [0.29, 0.717) is 19.5 Å². The molecule has 1 unspecified atom stereocenters. The third-order valence-electron chi connectivity index (χ3n) is 2.60. The van der Waals surface area contributed by atoms with E-state index >= 15 is 0 Å². The van der Waals surface area contributed by atoms with E-state index in [2.05, 4.69) is 5.32 Å². The molecular weight excluding hydrogens is 206 g/mol. The maximum Gasteiger partial charge on any atom is 0.240 e. The molecular formula is C11H17N3O2. The summed E-state index contributed by atoms with van der Waals surface area (Å²) in [7, 11) is 0. The van der Waals surface area contributed by atoms with Crippen molar-refractivity contribution in [1.82, 2.24) is 10.2 Å². The van der Waals surface area contributed by atoms with Gasteiger partial charge in [-0.3, -0.25) is 9.59 Å². The predicted molar refractivity (Wildman–Crippen MR) is 58.2 cm³/mol. The number of rotatable bonds is 3. The normalized spacial score (nSPS) is 18.2. The Morgan fingerprint density at radius 1 is 1.69 bits per heavy atom. The van der Waals surface area contributed by atoms with Crippen LogP contribution in [0.5, 0.6) is 0 Å². The van der Waals surface area contributed by atoms with Crippen molar-refractivity contribution in [2.24, 2.45) is 5.92 Å².